The number of hydrogen-bond acceptors (Lipinski definition) is 5. The molecule has 0 atom stereocenters. The highest BCUT2D eigenvalue weighted by Crippen LogP contribution is 2.26. The normalized spacial score (nSPS) is 15.6. The third kappa shape index (κ3) is 3.96. The molecule has 1 saturated heterocycles. The molecular weight excluding hydrogens is 350 g/mol. The average Bonchev–Trinajstić information content (AvgIpc) is 2.87. The highest BCUT2D eigenvalue weighted by atomic mass is 16.2. The van der Waals surface area contributed by atoms with E-state index < -0.39 is 0 Å². The van der Waals surface area contributed by atoms with Crippen LogP contribution in [0.4, 0.5) is 5.95 Å². The molecule has 0 bridgehead atoms. The second-order valence-corrected chi connectivity index (χ2v) is 7.32. The average molecular weight is 375 g/mol. The van der Waals surface area contributed by atoms with Crippen LogP contribution in [0.5, 0.6) is 0 Å². The minimum Gasteiger partial charge on any atom is -0.368 e. The summed E-state index contributed by atoms with van der Waals surface area (Å²) in [6.07, 6.45) is 10.3. The first-order valence-electron chi connectivity index (χ1n) is 9.99. The molecule has 1 amide bonds. The maximum atomic E-state index is 13.5. The summed E-state index contributed by atoms with van der Waals surface area (Å²) in [6.45, 7) is 1.63. The molecule has 1 aliphatic heterocycles. The number of rotatable bonds is 2. The predicted molar refractivity (Wildman–Crippen MR) is 111 cm³/mol. The number of hydrogen-bond donors (Lipinski definition) is 1. The topological polar surface area (TPSA) is 85.0 Å². The summed E-state index contributed by atoms with van der Waals surface area (Å²) in [5, 5.41) is 0.882. The van der Waals surface area contributed by atoms with Crippen LogP contribution in [0.1, 0.15) is 48.9 Å². The molecule has 3 heterocycles. The number of benzene rings is 1. The fourth-order valence-corrected chi connectivity index (χ4v) is 3.77. The third-order valence-electron chi connectivity index (χ3n) is 5.31. The zero-order valence-electron chi connectivity index (χ0n) is 16.0. The number of para-hydroxylation sites is 1. The van der Waals surface area contributed by atoms with Gasteiger partial charge in [0, 0.05) is 36.4 Å². The molecule has 0 saturated carbocycles. The summed E-state index contributed by atoms with van der Waals surface area (Å²) in [7, 11) is 0. The number of nitrogen functional groups attached to an aromatic ring is 1. The Morgan fingerprint density at radius 2 is 1.57 bits per heavy atom. The Hall–Kier alpha value is -3.02. The van der Waals surface area contributed by atoms with E-state index in [2.05, 4.69) is 9.97 Å². The monoisotopic (exact) mass is 375 g/mol. The molecule has 6 nitrogen and oxygen atoms in total. The first-order chi connectivity index (χ1) is 13.7. The summed E-state index contributed by atoms with van der Waals surface area (Å²) in [5.41, 5.74) is 8.53. The zero-order chi connectivity index (χ0) is 19.3. The van der Waals surface area contributed by atoms with Gasteiger partial charge in [0.2, 0.25) is 5.95 Å². The van der Waals surface area contributed by atoms with E-state index in [1.807, 2.05) is 35.2 Å². The first kappa shape index (κ1) is 18.3. The van der Waals surface area contributed by atoms with Gasteiger partial charge in [0.25, 0.3) is 5.91 Å². The molecule has 3 aromatic rings. The summed E-state index contributed by atoms with van der Waals surface area (Å²) in [4.78, 5) is 28.3. The fraction of sp³-hybridized carbons (Fsp3) is 0.364. The fourth-order valence-electron chi connectivity index (χ4n) is 3.77. The molecule has 2 aromatic heterocycles. The molecule has 4 rings (SSSR count). The van der Waals surface area contributed by atoms with E-state index in [9.17, 15) is 4.79 Å². The molecule has 0 spiro atoms. The van der Waals surface area contributed by atoms with E-state index in [0.29, 0.717) is 11.3 Å². The Morgan fingerprint density at radius 1 is 0.929 bits per heavy atom. The number of aromatic nitrogens is 3. The van der Waals surface area contributed by atoms with Gasteiger partial charge in [0.1, 0.15) is 0 Å². The lowest BCUT2D eigenvalue weighted by molar-refractivity contribution is 0.0754. The maximum Gasteiger partial charge on any atom is 0.254 e. The van der Waals surface area contributed by atoms with Crippen molar-refractivity contribution in [3.8, 4) is 11.3 Å². The summed E-state index contributed by atoms with van der Waals surface area (Å²) < 4.78 is 0. The molecule has 144 valence electrons. The van der Waals surface area contributed by atoms with E-state index in [-0.39, 0.29) is 11.9 Å². The van der Waals surface area contributed by atoms with E-state index in [4.69, 9.17) is 10.7 Å². The zero-order valence-corrected chi connectivity index (χ0v) is 16.0. The van der Waals surface area contributed by atoms with Gasteiger partial charge in [-0.25, -0.2) is 15.0 Å². The molecule has 0 aliphatic carbocycles. The first-order valence-corrected chi connectivity index (χ1v) is 9.99. The van der Waals surface area contributed by atoms with Gasteiger partial charge in [-0.05, 0) is 25.0 Å². The number of anilines is 1. The van der Waals surface area contributed by atoms with Gasteiger partial charge in [0.15, 0.2) is 0 Å². The van der Waals surface area contributed by atoms with Gasteiger partial charge in [-0.1, -0.05) is 43.9 Å². The van der Waals surface area contributed by atoms with Crippen LogP contribution < -0.4 is 5.73 Å². The van der Waals surface area contributed by atoms with Gasteiger partial charge >= 0.3 is 0 Å². The van der Waals surface area contributed by atoms with Gasteiger partial charge in [-0.3, -0.25) is 4.79 Å². The van der Waals surface area contributed by atoms with Crippen molar-refractivity contribution in [2.45, 2.75) is 38.5 Å². The molecule has 0 radical (unpaired) electrons. The summed E-state index contributed by atoms with van der Waals surface area (Å²) >= 11 is 0. The lowest BCUT2D eigenvalue weighted by Gasteiger charge is -2.23. The SMILES string of the molecule is Nc1ncc(-c2cc(C(=O)N3CCCCCCCC3)c3ccccc3n2)cn1. The smallest absolute Gasteiger partial charge is 0.254 e. The minimum atomic E-state index is 0.0816. The van der Waals surface area contributed by atoms with Gasteiger partial charge in [0.05, 0.1) is 16.8 Å². The molecule has 28 heavy (non-hydrogen) atoms. The lowest BCUT2D eigenvalue weighted by atomic mass is 10.0. The van der Waals surface area contributed by atoms with Crippen LogP contribution in [-0.2, 0) is 0 Å². The number of amides is 1. The number of nitrogens with zero attached hydrogens (tertiary/aromatic N) is 4. The number of carbonyl (C=O) groups is 1. The predicted octanol–water partition coefficient (Wildman–Crippen LogP) is 4.07. The highest BCUT2D eigenvalue weighted by molar-refractivity contribution is 6.07. The highest BCUT2D eigenvalue weighted by Gasteiger charge is 2.20. The quantitative estimate of drug-likeness (QED) is 0.730. The number of nitrogens with two attached hydrogens (primary N) is 1. The van der Waals surface area contributed by atoms with Crippen molar-refractivity contribution >= 4 is 22.8 Å². The van der Waals surface area contributed by atoms with Crippen LogP contribution in [0.2, 0.25) is 0 Å². The second-order valence-electron chi connectivity index (χ2n) is 7.32. The summed E-state index contributed by atoms with van der Waals surface area (Å²) in [6, 6.07) is 9.66. The van der Waals surface area contributed by atoms with Crippen molar-refractivity contribution in [1.82, 2.24) is 19.9 Å². The van der Waals surface area contributed by atoms with E-state index >= 15 is 0 Å². The van der Waals surface area contributed by atoms with Crippen molar-refractivity contribution < 1.29 is 4.79 Å². The van der Waals surface area contributed by atoms with Gasteiger partial charge in [-0.15, -0.1) is 0 Å². The maximum absolute atomic E-state index is 13.5. The Morgan fingerprint density at radius 3 is 2.29 bits per heavy atom. The molecule has 1 aromatic carbocycles. The number of fused-ring (bicyclic) bond motifs is 1. The van der Waals surface area contributed by atoms with Crippen LogP contribution >= 0.6 is 0 Å². The Kier molecular flexibility index (Phi) is 5.46. The van der Waals surface area contributed by atoms with E-state index in [0.717, 1.165) is 42.4 Å². The van der Waals surface area contributed by atoms with Crippen LogP contribution in [0.15, 0.2) is 42.7 Å². The Bertz CT molecular complexity index is 960. The van der Waals surface area contributed by atoms with E-state index in [1.54, 1.807) is 12.4 Å². The van der Waals surface area contributed by atoms with E-state index in [1.165, 1.54) is 25.7 Å². The Balaban J connectivity index is 1.75. The molecule has 0 unspecified atom stereocenters. The minimum absolute atomic E-state index is 0.0816. The van der Waals surface area contributed by atoms with Gasteiger partial charge < -0.3 is 10.6 Å². The van der Waals surface area contributed by atoms with Crippen molar-refractivity contribution in [1.29, 1.82) is 0 Å². The van der Waals surface area contributed by atoms with Crippen LogP contribution in [0.3, 0.4) is 0 Å². The summed E-state index contributed by atoms with van der Waals surface area (Å²) in [5.74, 6) is 0.302. The number of carbonyl (C=O) groups excluding carboxylic acids is 1. The van der Waals surface area contributed by atoms with Crippen molar-refractivity contribution in [2.24, 2.45) is 0 Å². The number of pyridine rings is 1. The van der Waals surface area contributed by atoms with Gasteiger partial charge in [-0.2, -0.15) is 0 Å². The molecule has 1 aliphatic rings. The van der Waals surface area contributed by atoms with Crippen LogP contribution in [-0.4, -0.2) is 38.8 Å². The van der Waals surface area contributed by atoms with Crippen LogP contribution in [0, 0.1) is 0 Å². The molecule has 1 fully saturated rings. The second kappa shape index (κ2) is 8.33. The largest absolute Gasteiger partial charge is 0.368 e. The standard InChI is InChI=1S/C22H25N5O/c23-22-24-14-16(15-25-22)20-13-18(17-9-5-6-10-19(17)26-20)21(28)27-11-7-3-1-2-4-8-12-27/h5-6,9-10,13-15H,1-4,7-8,11-12H2,(H2,23,24,25). The molecule has 2 N–H and O–H groups in total. The van der Waals surface area contributed by atoms with Crippen molar-refractivity contribution in [2.75, 3.05) is 18.8 Å². The molecular formula is C22H25N5O. The Labute approximate surface area is 164 Å². The van der Waals surface area contributed by atoms with Crippen molar-refractivity contribution in [3.05, 3.63) is 48.3 Å². The van der Waals surface area contributed by atoms with Crippen LogP contribution in [0.25, 0.3) is 22.2 Å². The van der Waals surface area contributed by atoms with Crippen molar-refractivity contribution in [3.63, 3.8) is 0 Å². The lowest BCUT2D eigenvalue weighted by Crippen LogP contribution is -2.33. The third-order valence-corrected chi connectivity index (χ3v) is 5.31. The molecule has 6 heteroatoms.